The summed E-state index contributed by atoms with van der Waals surface area (Å²) in [7, 11) is 1.55. The number of ether oxygens (including phenoxy) is 2. The molecule has 1 rings (SSSR count). The number of nitrogens with two attached hydrogens (primary N) is 1. The molecule has 0 bridgehead atoms. The Hall–Kier alpha value is -1.02. The molecule has 0 spiro atoms. The lowest BCUT2D eigenvalue weighted by molar-refractivity contribution is -0.119. The van der Waals surface area contributed by atoms with E-state index >= 15 is 0 Å². The Morgan fingerprint density at radius 1 is 1.50 bits per heavy atom. The van der Waals surface area contributed by atoms with Crippen LogP contribution in [0.25, 0.3) is 0 Å². The van der Waals surface area contributed by atoms with Crippen molar-refractivity contribution >= 4 is 28.8 Å². The van der Waals surface area contributed by atoms with Gasteiger partial charge in [0.05, 0.1) is 7.11 Å². The van der Waals surface area contributed by atoms with Gasteiger partial charge in [-0.15, -0.1) is 0 Å². The van der Waals surface area contributed by atoms with Gasteiger partial charge >= 0.3 is 0 Å². The Kier molecular flexibility index (Phi) is 5.33. The molecule has 0 aliphatic rings. The Bertz CT molecular complexity index is 371. The number of carbonyl (C=O) groups excluding carboxylic acids is 1. The van der Waals surface area contributed by atoms with Gasteiger partial charge in [-0.1, -0.05) is 6.07 Å². The molecule has 0 unspecified atom stereocenters. The maximum atomic E-state index is 10.6. The van der Waals surface area contributed by atoms with Crippen LogP contribution in [0.3, 0.4) is 0 Å². The number of nitrogens with one attached hydrogen (secondary N) is 1. The lowest BCUT2D eigenvalue weighted by Gasteiger charge is -2.10. The molecule has 0 heterocycles. The lowest BCUT2D eigenvalue weighted by Crippen LogP contribution is -2.20. The highest BCUT2D eigenvalue weighted by Gasteiger charge is 2.06. The molecule has 6 heteroatoms. The van der Waals surface area contributed by atoms with E-state index in [-0.39, 0.29) is 6.61 Å². The van der Waals surface area contributed by atoms with Gasteiger partial charge in [0.1, 0.15) is 0 Å². The maximum Gasteiger partial charge on any atom is 0.255 e. The summed E-state index contributed by atoms with van der Waals surface area (Å²) in [6.07, 6.45) is 0. The molecule has 1 aromatic rings. The number of benzene rings is 1. The van der Waals surface area contributed by atoms with Gasteiger partial charge in [-0.2, -0.15) is 0 Å². The van der Waals surface area contributed by atoms with E-state index in [2.05, 4.69) is 26.4 Å². The Morgan fingerprint density at radius 2 is 2.25 bits per heavy atom. The molecule has 1 aromatic carbocycles. The summed E-state index contributed by atoms with van der Waals surface area (Å²) in [5.74, 6) is 0.587. The molecule has 0 saturated heterocycles. The average Bonchev–Trinajstić information content (AvgIpc) is 2.27. The van der Waals surface area contributed by atoms with Crippen molar-refractivity contribution in [1.82, 2.24) is 3.53 Å². The van der Waals surface area contributed by atoms with E-state index in [1.165, 1.54) is 0 Å². The zero-order valence-corrected chi connectivity index (χ0v) is 11.0. The largest absolute Gasteiger partial charge is 0.493 e. The molecule has 16 heavy (non-hydrogen) atoms. The van der Waals surface area contributed by atoms with E-state index in [0.717, 1.165) is 12.1 Å². The molecule has 0 aliphatic heterocycles. The Balaban J connectivity index is 2.80. The number of carbonyl (C=O) groups is 1. The molecule has 0 saturated carbocycles. The van der Waals surface area contributed by atoms with Crippen LogP contribution in [-0.4, -0.2) is 19.6 Å². The van der Waals surface area contributed by atoms with E-state index in [9.17, 15) is 4.79 Å². The standard InChI is InChI=1S/C10H13IN2O3/c1-15-9-4-7(5-13-11)2-3-8(9)16-6-10(12)14/h2-4,13H,5-6H2,1H3,(H2,12,14). The van der Waals surface area contributed by atoms with Crippen molar-refractivity contribution in [3.63, 3.8) is 0 Å². The van der Waals surface area contributed by atoms with Crippen molar-refractivity contribution in [1.29, 1.82) is 0 Å². The predicted molar refractivity (Wildman–Crippen MR) is 68.5 cm³/mol. The SMILES string of the molecule is COc1cc(CNI)ccc1OCC(N)=O. The van der Waals surface area contributed by atoms with Crippen LogP contribution in [0.5, 0.6) is 11.5 Å². The Labute approximate surface area is 108 Å². The molecule has 0 atom stereocenters. The third-order valence-electron chi connectivity index (χ3n) is 1.87. The number of primary amides is 1. The third-order valence-corrected chi connectivity index (χ3v) is 2.25. The average molecular weight is 336 g/mol. The number of rotatable bonds is 6. The Morgan fingerprint density at radius 3 is 2.81 bits per heavy atom. The summed E-state index contributed by atoms with van der Waals surface area (Å²) in [4.78, 5) is 10.6. The van der Waals surface area contributed by atoms with Gasteiger partial charge < -0.3 is 15.2 Å². The number of halogens is 1. The van der Waals surface area contributed by atoms with E-state index in [1.807, 2.05) is 12.1 Å². The molecule has 0 fully saturated rings. The lowest BCUT2D eigenvalue weighted by atomic mass is 10.2. The van der Waals surface area contributed by atoms with E-state index in [4.69, 9.17) is 15.2 Å². The highest BCUT2D eigenvalue weighted by molar-refractivity contribution is 14.1. The number of methoxy groups -OCH3 is 1. The predicted octanol–water partition coefficient (Wildman–Crippen LogP) is 0.999. The molecule has 5 nitrogen and oxygen atoms in total. The summed E-state index contributed by atoms with van der Waals surface area (Å²) in [5, 5.41) is 0. The first kappa shape index (κ1) is 13.0. The van der Waals surface area contributed by atoms with Gasteiger partial charge in [0.15, 0.2) is 18.1 Å². The first-order chi connectivity index (χ1) is 7.67. The van der Waals surface area contributed by atoms with Crippen LogP contribution in [-0.2, 0) is 11.3 Å². The van der Waals surface area contributed by atoms with Crippen LogP contribution in [0, 0.1) is 0 Å². The molecule has 1 amide bonds. The minimum Gasteiger partial charge on any atom is -0.493 e. The molecule has 0 aromatic heterocycles. The first-order valence-corrected chi connectivity index (χ1v) is 5.66. The van der Waals surface area contributed by atoms with Crippen LogP contribution in [0.15, 0.2) is 18.2 Å². The van der Waals surface area contributed by atoms with Gasteiger partial charge in [-0.25, -0.2) is 0 Å². The summed E-state index contributed by atoms with van der Waals surface area (Å²) in [6, 6.07) is 5.50. The van der Waals surface area contributed by atoms with Gasteiger partial charge in [0.25, 0.3) is 5.91 Å². The molecule has 0 aliphatic carbocycles. The maximum absolute atomic E-state index is 10.6. The summed E-state index contributed by atoms with van der Waals surface area (Å²) in [5.41, 5.74) is 6.06. The molecule has 0 radical (unpaired) electrons. The van der Waals surface area contributed by atoms with Crippen LogP contribution in [0.4, 0.5) is 0 Å². The number of amides is 1. The quantitative estimate of drug-likeness (QED) is 0.600. The minimum absolute atomic E-state index is 0.153. The highest BCUT2D eigenvalue weighted by Crippen LogP contribution is 2.27. The molecular weight excluding hydrogens is 323 g/mol. The fraction of sp³-hybridized carbons (Fsp3) is 0.300. The van der Waals surface area contributed by atoms with Crippen molar-refractivity contribution in [3.05, 3.63) is 23.8 Å². The van der Waals surface area contributed by atoms with Gasteiger partial charge in [-0.3, -0.25) is 8.32 Å². The topological polar surface area (TPSA) is 73.6 Å². The second-order valence-electron chi connectivity index (χ2n) is 3.05. The van der Waals surface area contributed by atoms with E-state index in [0.29, 0.717) is 11.5 Å². The van der Waals surface area contributed by atoms with Crippen LogP contribution in [0.2, 0.25) is 0 Å². The van der Waals surface area contributed by atoms with Crippen LogP contribution in [0.1, 0.15) is 5.56 Å². The number of hydrogen-bond acceptors (Lipinski definition) is 4. The fourth-order valence-corrected chi connectivity index (χ4v) is 1.61. The van der Waals surface area contributed by atoms with Crippen molar-refractivity contribution in [3.8, 4) is 11.5 Å². The first-order valence-electron chi connectivity index (χ1n) is 4.59. The van der Waals surface area contributed by atoms with E-state index < -0.39 is 5.91 Å². The molecule has 88 valence electrons. The van der Waals surface area contributed by atoms with Crippen LogP contribution >= 0.6 is 22.9 Å². The normalized spacial score (nSPS) is 9.88. The van der Waals surface area contributed by atoms with Crippen LogP contribution < -0.4 is 18.7 Å². The smallest absolute Gasteiger partial charge is 0.255 e. The van der Waals surface area contributed by atoms with Gasteiger partial charge in [0.2, 0.25) is 0 Å². The van der Waals surface area contributed by atoms with Crippen molar-refractivity contribution in [2.45, 2.75) is 6.54 Å². The van der Waals surface area contributed by atoms with E-state index in [1.54, 1.807) is 13.2 Å². The number of hydrogen-bond donors (Lipinski definition) is 2. The fourth-order valence-electron chi connectivity index (χ4n) is 1.17. The van der Waals surface area contributed by atoms with Crippen molar-refractivity contribution in [2.24, 2.45) is 5.73 Å². The zero-order valence-electron chi connectivity index (χ0n) is 8.83. The summed E-state index contributed by atoms with van der Waals surface area (Å²) >= 11 is 2.07. The summed E-state index contributed by atoms with van der Waals surface area (Å²) in [6.45, 7) is 0.577. The molecular formula is C10H13IN2O3. The monoisotopic (exact) mass is 336 g/mol. The second kappa shape index (κ2) is 6.54. The minimum atomic E-state index is -0.514. The second-order valence-corrected chi connectivity index (χ2v) is 3.81. The highest BCUT2D eigenvalue weighted by atomic mass is 127. The van der Waals surface area contributed by atoms with Gasteiger partial charge in [-0.05, 0) is 17.7 Å². The van der Waals surface area contributed by atoms with Crippen molar-refractivity contribution < 1.29 is 14.3 Å². The zero-order chi connectivity index (χ0) is 12.0. The summed E-state index contributed by atoms with van der Waals surface area (Å²) < 4.78 is 13.4. The van der Waals surface area contributed by atoms with Crippen molar-refractivity contribution in [2.75, 3.05) is 13.7 Å². The van der Waals surface area contributed by atoms with Gasteiger partial charge in [0, 0.05) is 29.4 Å². The third kappa shape index (κ3) is 3.86. The molecule has 3 N–H and O–H groups in total.